The highest BCUT2D eigenvalue weighted by molar-refractivity contribution is 9.10. The molecule has 0 spiro atoms. The Labute approximate surface area is 152 Å². The maximum absolute atomic E-state index is 13.0. The number of pyridine rings is 1. The lowest BCUT2D eigenvalue weighted by Gasteiger charge is -2.41. The third kappa shape index (κ3) is 3.12. The molecule has 2 aromatic rings. The van der Waals surface area contributed by atoms with Gasteiger partial charge in [0.2, 0.25) is 0 Å². The van der Waals surface area contributed by atoms with E-state index in [2.05, 4.69) is 31.1 Å². The van der Waals surface area contributed by atoms with Gasteiger partial charge in [0.25, 0.3) is 6.47 Å². The molecule has 24 heavy (non-hydrogen) atoms. The van der Waals surface area contributed by atoms with Crippen molar-refractivity contribution in [2.45, 2.75) is 18.4 Å². The summed E-state index contributed by atoms with van der Waals surface area (Å²) < 4.78 is 20.6. The first kappa shape index (κ1) is 17.5. The summed E-state index contributed by atoms with van der Waals surface area (Å²) in [4.78, 5) is 17.4. The molecule has 0 aromatic carbocycles. The van der Waals surface area contributed by atoms with Crippen LogP contribution in [0, 0.1) is 0 Å². The van der Waals surface area contributed by atoms with Crippen LogP contribution in [0.3, 0.4) is 0 Å². The third-order valence-electron chi connectivity index (χ3n) is 4.47. The molecule has 0 unspecified atom stereocenters. The molecule has 3 heterocycles. The second kappa shape index (κ2) is 7.28. The van der Waals surface area contributed by atoms with E-state index in [0.29, 0.717) is 18.7 Å². The number of piperidine rings is 1. The van der Waals surface area contributed by atoms with Gasteiger partial charge in [0.1, 0.15) is 5.60 Å². The molecular formula is C15H18BrFN4O2S. The van der Waals surface area contributed by atoms with E-state index in [1.807, 2.05) is 13.1 Å². The number of aromatic nitrogens is 2. The lowest BCUT2D eigenvalue weighted by atomic mass is 9.90. The van der Waals surface area contributed by atoms with Gasteiger partial charge in [-0.15, -0.1) is 3.89 Å². The zero-order valence-electron chi connectivity index (χ0n) is 13.2. The number of hydrogen-bond donors (Lipinski definition) is 1. The maximum atomic E-state index is 13.0. The number of hydrogen-bond acceptors (Lipinski definition) is 6. The highest BCUT2D eigenvalue weighted by Crippen LogP contribution is 2.38. The summed E-state index contributed by atoms with van der Waals surface area (Å²) in [7, 11) is 1.85. The van der Waals surface area contributed by atoms with Crippen LogP contribution in [-0.2, 0) is 9.53 Å². The van der Waals surface area contributed by atoms with Crippen LogP contribution in [0.2, 0.25) is 0 Å². The summed E-state index contributed by atoms with van der Waals surface area (Å²) >= 11 is 3.69. The van der Waals surface area contributed by atoms with Gasteiger partial charge in [0, 0.05) is 50.3 Å². The molecule has 2 aromatic heterocycles. The fraction of sp³-hybridized carbons (Fsp3) is 0.467. The molecule has 0 saturated carbocycles. The molecule has 1 aliphatic heterocycles. The quantitative estimate of drug-likeness (QED) is 0.730. The van der Waals surface area contributed by atoms with Crippen molar-refractivity contribution < 1.29 is 13.4 Å². The Bertz CT molecular complexity index is 734. The normalized spacial score (nSPS) is 17.2. The Morgan fingerprint density at radius 2 is 2.29 bits per heavy atom. The van der Waals surface area contributed by atoms with E-state index in [4.69, 9.17) is 4.74 Å². The first-order chi connectivity index (χ1) is 11.6. The fourth-order valence-electron chi connectivity index (χ4n) is 3.30. The molecule has 3 rings (SSSR count). The number of nitrogens with one attached hydrogen (secondary N) is 1. The van der Waals surface area contributed by atoms with Gasteiger partial charge < -0.3 is 15.0 Å². The van der Waals surface area contributed by atoms with E-state index in [1.165, 1.54) is 3.97 Å². The predicted octanol–water partition coefficient (Wildman–Crippen LogP) is 2.91. The van der Waals surface area contributed by atoms with Crippen LogP contribution >= 0.6 is 28.3 Å². The van der Waals surface area contributed by atoms with Crippen molar-refractivity contribution in [2.24, 2.45) is 0 Å². The number of likely N-dealkylation sites (N-methyl/N-ethyl adjacent to an activating group) is 1. The maximum Gasteiger partial charge on any atom is 0.293 e. The predicted molar refractivity (Wildman–Crippen MR) is 96.8 cm³/mol. The van der Waals surface area contributed by atoms with E-state index in [9.17, 15) is 8.68 Å². The average Bonchev–Trinajstić information content (AvgIpc) is 2.99. The topological polar surface area (TPSA) is 59.4 Å². The lowest BCUT2D eigenvalue weighted by molar-refractivity contribution is -0.145. The Balaban J connectivity index is 1.89. The molecule has 130 valence electrons. The number of carbonyl (C=O) groups excluding carboxylic acids is 1. The fourth-order valence-corrected chi connectivity index (χ4v) is 4.18. The Kier molecular flexibility index (Phi) is 5.31. The average molecular weight is 417 g/mol. The van der Waals surface area contributed by atoms with Crippen LogP contribution in [0.5, 0.6) is 0 Å². The zero-order valence-corrected chi connectivity index (χ0v) is 15.6. The summed E-state index contributed by atoms with van der Waals surface area (Å²) in [5, 5.41) is 4.00. The molecule has 0 amide bonds. The van der Waals surface area contributed by atoms with Crippen LogP contribution in [0.4, 0.5) is 9.57 Å². The highest BCUT2D eigenvalue weighted by Gasteiger charge is 2.36. The summed E-state index contributed by atoms with van der Waals surface area (Å²) in [5.41, 5.74) is 1.13. The first-order valence-corrected chi connectivity index (χ1v) is 9.06. The van der Waals surface area contributed by atoms with Gasteiger partial charge >= 0.3 is 0 Å². The number of nitrogens with zero attached hydrogens (tertiary/aromatic N) is 3. The van der Waals surface area contributed by atoms with Crippen LogP contribution in [0.25, 0.3) is 11.0 Å². The molecule has 1 aliphatic rings. The molecule has 0 atom stereocenters. The minimum Gasteiger partial charge on any atom is -0.460 e. The Hall–Kier alpha value is -1.32. The van der Waals surface area contributed by atoms with Crippen LogP contribution in [0.1, 0.15) is 12.8 Å². The number of fused-ring (bicyclic) bond motifs is 1. The lowest BCUT2D eigenvalue weighted by Crippen LogP contribution is -2.51. The Morgan fingerprint density at radius 1 is 1.54 bits per heavy atom. The summed E-state index contributed by atoms with van der Waals surface area (Å²) in [6.45, 7) is 2.63. The summed E-state index contributed by atoms with van der Waals surface area (Å²) in [5.74, 6) is 0. The minimum atomic E-state index is -0.466. The standard InChI is InChI=1S/C15H18BrFN4O2S/c1-18-9-15(23-10-22)3-6-20(7-4-15)13-11-2-5-21(24-17)14(11)19-8-12(13)16/h2,5,8,10,18H,3-4,6-7,9H2,1H3. The monoisotopic (exact) mass is 416 g/mol. The van der Waals surface area contributed by atoms with Crippen molar-refractivity contribution in [3.05, 3.63) is 22.9 Å². The second-order valence-electron chi connectivity index (χ2n) is 5.82. The van der Waals surface area contributed by atoms with Crippen molar-refractivity contribution in [3.63, 3.8) is 0 Å². The second-order valence-corrected chi connectivity index (χ2v) is 7.20. The SMILES string of the molecule is CNCC1(OC=O)CCN(c2c(Br)cnc3c2ccn3SF)CC1. The molecule has 1 saturated heterocycles. The van der Waals surface area contributed by atoms with Crippen molar-refractivity contribution >= 4 is 51.5 Å². The number of anilines is 1. The van der Waals surface area contributed by atoms with Crippen molar-refractivity contribution in [3.8, 4) is 0 Å². The van der Waals surface area contributed by atoms with Crippen LogP contribution < -0.4 is 10.2 Å². The van der Waals surface area contributed by atoms with Gasteiger partial charge in [-0.25, -0.2) is 8.96 Å². The molecule has 1 N–H and O–H groups in total. The molecule has 9 heteroatoms. The first-order valence-electron chi connectivity index (χ1n) is 7.60. The van der Waals surface area contributed by atoms with Crippen molar-refractivity contribution in [2.75, 3.05) is 31.6 Å². The van der Waals surface area contributed by atoms with Gasteiger partial charge in [0.15, 0.2) is 18.0 Å². The van der Waals surface area contributed by atoms with Gasteiger partial charge in [-0.1, -0.05) is 0 Å². The summed E-state index contributed by atoms with van der Waals surface area (Å²) in [6, 6.07) is 1.87. The van der Waals surface area contributed by atoms with Gasteiger partial charge in [-0.2, -0.15) is 0 Å². The van der Waals surface area contributed by atoms with Gasteiger partial charge in [-0.3, -0.25) is 4.79 Å². The van der Waals surface area contributed by atoms with Gasteiger partial charge in [0.05, 0.1) is 10.2 Å². The minimum absolute atomic E-state index is 0.132. The molecule has 0 aliphatic carbocycles. The highest BCUT2D eigenvalue weighted by atomic mass is 79.9. The van der Waals surface area contributed by atoms with Crippen molar-refractivity contribution in [1.82, 2.24) is 14.3 Å². The number of halogens is 2. The molecule has 0 bridgehead atoms. The zero-order chi connectivity index (χ0) is 17.2. The Morgan fingerprint density at radius 3 is 2.92 bits per heavy atom. The summed E-state index contributed by atoms with van der Waals surface area (Å²) in [6.07, 6.45) is 4.81. The molecule has 6 nitrogen and oxygen atoms in total. The van der Waals surface area contributed by atoms with E-state index in [-0.39, 0.29) is 12.3 Å². The third-order valence-corrected chi connectivity index (χ3v) is 5.49. The van der Waals surface area contributed by atoms with E-state index in [1.54, 1.807) is 12.4 Å². The number of ether oxygens (including phenoxy) is 1. The van der Waals surface area contributed by atoms with E-state index >= 15 is 0 Å². The number of carbonyl (C=O) groups is 1. The van der Waals surface area contributed by atoms with Crippen LogP contribution in [-0.4, -0.2) is 47.7 Å². The van der Waals surface area contributed by atoms with E-state index < -0.39 is 5.60 Å². The molecule has 1 fully saturated rings. The smallest absolute Gasteiger partial charge is 0.293 e. The van der Waals surface area contributed by atoms with Gasteiger partial charge in [-0.05, 0) is 29.0 Å². The van der Waals surface area contributed by atoms with E-state index in [0.717, 1.165) is 41.5 Å². The molecular weight excluding hydrogens is 399 g/mol. The van der Waals surface area contributed by atoms with Crippen LogP contribution in [0.15, 0.2) is 22.9 Å². The van der Waals surface area contributed by atoms with Crippen molar-refractivity contribution in [1.29, 1.82) is 0 Å². The number of rotatable bonds is 6. The molecule has 0 radical (unpaired) electrons. The largest absolute Gasteiger partial charge is 0.460 e.